The maximum atomic E-state index is 5.63. The van der Waals surface area contributed by atoms with E-state index in [4.69, 9.17) is 15.2 Å². The van der Waals surface area contributed by atoms with Gasteiger partial charge in [-0.2, -0.15) is 11.8 Å². The largest absolute Gasteiger partial charge is 0.497 e. The van der Waals surface area contributed by atoms with Gasteiger partial charge in [-0.25, -0.2) is 0 Å². The summed E-state index contributed by atoms with van der Waals surface area (Å²) >= 11 is 1.90. The van der Waals surface area contributed by atoms with Crippen LogP contribution in [0.1, 0.15) is 13.3 Å². The van der Waals surface area contributed by atoms with Crippen LogP contribution < -0.4 is 15.2 Å². The molecule has 0 aliphatic carbocycles. The van der Waals surface area contributed by atoms with Gasteiger partial charge in [-0.15, -0.1) is 0 Å². The van der Waals surface area contributed by atoms with Crippen molar-refractivity contribution < 1.29 is 9.47 Å². The van der Waals surface area contributed by atoms with Gasteiger partial charge in [0.15, 0.2) is 0 Å². The molecule has 1 aromatic rings. The first-order chi connectivity index (χ1) is 8.26. The van der Waals surface area contributed by atoms with E-state index in [1.807, 2.05) is 36.0 Å². The third kappa shape index (κ3) is 5.84. The van der Waals surface area contributed by atoms with Gasteiger partial charge in [0.1, 0.15) is 11.5 Å². The fourth-order valence-corrected chi connectivity index (χ4v) is 2.28. The molecule has 1 atom stereocenters. The van der Waals surface area contributed by atoms with Gasteiger partial charge in [-0.3, -0.25) is 0 Å². The molecule has 0 radical (unpaired) electrons. The monoisotopic (exact) mass is 255 g/mol. The molecule has 0 saturated carbocycles. The predicted octanol–water partition coefficient (Wildman–Crippen LogP) is 2.54. The molecular formula is C13H21NO2S. The second-order valence-electron chi connectivity index (χ2n) is 3.78. The van der Waals surface area contributed by atoms with Crippen molar-refractivity contribution in [2.24, 2.45) is 5.73 Å². The van der Waals surface area contributed by atoms with Gasteiger partial charge in [0.2, 0.25) is 0 Å². The number of ether oxygens (including phenoxy) is 2. The fraction of sp³-hybridized carbons (Fsp3) is 0.538. The van der Waals surface area contributed by atoms with Gasteiger partial charge in [0, 0.05) is 11.0 Å². The lowest BCUT2D eigenvalue weighted by molar-refractivity contribution is 0.342. The minimum atomic E-state index is 0.611. The first-order valence-electron chi connectivity index (χ1n) is 5.84. The Morgan fingerprint density at radius 3 is 2.47 bits per heavy atom. The van der Waals surface area contributed by atoms with E-state index in [2.05, 4.69) is 6.92 Å². The molecule has 1 aromatic carbocycles. The number of methoxy groups -OCH3 is 1. The number of hydrogen-bond acceptors (Lipinski definition) is 4. The molecular weight excluding hydrogens is 234 g/mol. The lowest BCUT2D eigenvalue weighted by atomic mass is 10.3. The van der Waals surface area contributed by atoms with Crippen molar-refractivity contribution in [1.82, 2.24) is 0 Å². The minimum absolute atomic E-state index is 0.611. The van der Waals surface area contributed by atoms with Crippen LogP contribution in [0.3, 0.4) is 0 Å². The molecule has 0 heterocycles. The molecule has 0 saturated heterocycles. The summed E-state index contributed by atoms with van der Waals surface area (Å²) in [7, 11) is 1.66. The van der Waals surface area contributed by atoms with E-state index in [1.165, 1.54) is 0 Å². The summed E-state index contributed by atoms with van der Waals surface area (Å²) < 4.78 is 10.7. The molecule has 1 unspecified atom stereocenters. The highest BCUT2D eigenvalue weighted by Crippen LogP contribution is 2.18. The maximum absolute atomic E-state index is 5.63. The average Bonchev–Trinajstić information content (AvgIpc) is 2.36. The molecule has 0 bridgehead atoms. The topological polar surface area (TPSA) is 44.5 Å². The van der Waals surface area contributed by atoms with Crippen molar-refractivity contribution in [2.45, 2.75) is 18.6 Å². The van der Waals surface area contributed by atoms with Gasteiger partial charge in [-0.05, 0) is 37.2 Å². The summed E-state index contributed by atoms with van der Waals surface area (Å²) in [6.45, 7) is 3.68. The third-order valence-corrected chi connectivity index (χ3v) is 3.59. The van der Waals surface area contributed by atoms with Gasteiger partial charge in [-0.1, -0.05) is 6.92 Å². The summed E-state index contributed by atoms with van der Waals surface area (Å²) in [5.41, 5.74) is 5.50. The van der Waals surface area contributed by atoms with Crippen LogP contribution >= 0.6 is 11.8 Å². The lowest BCUT2D eigenvalue weighted by Crippen LogP contribution is -2.09. The lowest BCUT2D eigenvalue weighted by Gasteiger charge is -2.10. The molecule has 0 aliphatic heterocycles. The molecule has 17 heavy (non-hydrogen) atoms. The Morgan fingerprint density at radius 1 is 1.24 bits per heavy atom. The van der Waals surface area contributed by atoms with Crippen molar-refractivity contribution in [3.8, 4) is 11.5 Å². The van der Waals surface area contributed by atoms with Crippen molar-refractivity contribution in [2.75, 3.05) is 26.0 Å². The van der Waals surface area contributed by atoms with Gasteiger partial charge in [0.05, 0.1) is 13.7 Å². The molecule has 96 valence electrons. The normalized spacial score (nSPS) is 12.2. The zero-order valence-electron chi connectivity index (χ0n) is 10.5. The van der Waals surface area contributed by atoms with Gasteiger partial charge in [0.25, 0.3) is 0 Å². The smallest absolute Gasteiger partial charge is 0.119 e. The minimum Gasteiger partial charge on any atom is -0.497 e. The number of thioether (sulfide) groups is 1. The van der Waals surface area contributed by atoms with Crippen LogP contribution in [-0.2, 0) is 0 Å². The second-order valence-corrected chi connectivity index (χ2v) is 5.33. The molecule has 0 aliphatic rings. The SMILES string of the molecule is COc1ccc(OCCSC(C)CCN)cc1. The Labute approximate surface area is 108 Å². The summed E-state index contributed by atoms with van der Waals surface area (Å²) in [5.74, 6) is 2.73. The highest BCUT2D eigenvalue weighted by atomic mass is 32.2. The summed E-state index contributed by atoms with van der Waals surface area (Å²) in [5, 5.41) is 0.611. The van der Waals surface area contributed by atoms with Crippen molar-refractivity contribution >= 4 is 11.8 Å². The van der Waals surface area contributed by atoms with Gasteiger partial charge < -0.3 is 15.2 Å². The van der Waals surface area contributed by atoms with E-state index < -0.39 is 0 Å². The first-order valence-corrected chi connectivity index (χ1v) is 6.89. The Kier molecular flexibility index (Phi) is 6.89. The van der Waals surface area contributed by atoms with Crippen LogP contribution in [-0.4, -0.2) is 31.3 Å². The third-order valence-electron chi connectivity index (χ3n) is 2.39. The molecule has 3 nitrogen and oxygen atoms in total. The maximum Gasteiger partial charge on any atom is 0.119 e. The van der Waals surface area contributed by atoms with Crippen LogP contribution in [0.5, 0.6) is 11.5 Å². The van der Waals surface area contributed by atoms with Gasteiger partial charge >= 0.3 is 0 Å². The van der Waals surface area contributed by atoms with Crippen LogP contribution in [0.4, 0.5) is 0 Å². The second kappa shape index (κ2) is 8.25. The highest BCUT2D eigenvalue weighted by Gasteiger charge is 2.01. The number of benzene rings is 1. The van der Waals surface area contributed by atoms with Crippen LogP contribution in [0, 0.1) is 0 Å². The molecule has 2 N–H and O–H groups in total. The quantitative estimate of drug-likeness (QED) is 0.725. The van der Waals surface area contributed by atoms with E-state index in [-0.39, 0.29) is 0 Å². The Balaban J connectivity index is 2.17. The first kappa shape index (κ1) is 14.2. The molecule has 0 aromatic heterocycles. The van der Waals surface area contributed by atoms with Crippen LogP contribution in [0.2, 0.25) is 0 Å². The van der Waals surface area contributed by atoms with E-state index in [9.17, 15) is 0 Å². The van der Waals surface area contributed by atoms with Crippen LogP contribution in [0.15, 0.2) is 24.3 Å². The fourth-order valence-electron chi connectivity index (χ4n) is 1.40. The Hall–Kier alpha value is -0.870. The van der Waals surface area contributed by atoms with Crippen molar-refractivity contribution in [3.63, 3.8) is 0 Å². The van der Waals surface area contributed by atoms with Crippen molar-refractivity contribution in [3.05, 3.63) is 24.3 Å². The summed E-state index contributed by atoms with van der Waals surface area (Å²) in [6, 6.07) is 7.65. The standard InChI is InChI=1S/C13H21NO2S/c1-11(7-8-14)17-10-9-16-13-5-3-12(15-2)4-6-13/h3-6,11H,7-10,14H2,1-2H3. The van der Waals surface area contributed by atoms with Crippen molar-refractivity contribution in [1.29, 1.82) is 0 Å². The van der Waals surface area contributed by atoms with E-state index in [0.29, 0.717) is 5.25 Å². The predicted molar refractivity (Wildman–Crippen MR) is 74.1 cm³/mol. The molecule has 0 amide bonds. The zero-order chi connectivity index (χ0) is 12.5. The average molecular weight is 255 g/mol. The molecule has 1 rings (SSSR count). The van der Waals surface area contributed by atoms with Crippen LogP contribution in [0.25, 0.3) is 0 Å². The molecule has 4 heteroatoms. The number of nitrogens with two attached hydrogens (primary N) is 1. The number of rotatable bonds is 8. The molecule has 0 fully saturated rings. The summed E-state index contributed by atoms with van der Waals surface area (Å²) in [4.78, 5) is 0. The molecule has 0 spiro atoms. The number of hydrogen-bond donors (Lipinski definition) is 1. The Bertz CT molecular complexity index is 303. The zero-order valence-corrected chi connectivity index (χ0v) is 11.3. The van der Waals surface area contributed by atoms with E-state index in [1.54, 1.807) is 7.11 Å². The van der Waals surface area contributed by atoms with E-state index >= 15 is 0 Å². The summed E-state index contributed by atoms with van der Waals surface area (Å²) in [6.07, 6.45) is 1.06. The van der Waals surface area contributed by atoms with E-state index in [0.717, 1.165) is 36.8 Å². The Morgan fingerprint density at radius 2 is 1.88 bits per heavy atom. The highest BCUT2D eigenvalue weighted by molar-refractivity contribution is 7.99.